The van der Waals surface area contributed by atoms with Crippen molar-refractivity contribution in [1.82, 2.24) is 0 Å². The van der Waals surface area contributed by atoms with Crippen molar-refractivity contribution in [3.05, 3.63) is 52.3 Å². The van der Waals surface area contributed by atoms with Crippen molar-refractivity contribution in [2.45, 2.75) is 11.8 Å². The van der Waals surface area contributed by atoms with E-state index in [1.54, 1.807) is 13.0 Å². The van der Waals surface area contributed by atoms with Crippen LogP contribution in [0.4, 0.5) is 10.1 Å². The van der Waals surface area contributed by atoms with Gasteiger partial charge in [0.15, 0.2) is 11.6 Å². The maximum absolute atomic E-state index is 13.2. The summed E-state index contributed by atoms with van der Waals surface area (Å²) < 4.78 is 40.5. The van der Waals surface area contributed by atoms with E-state index in [1.165, 1.54) is 18.2 Å². The highest BCUT2D eigenvalue weighted by Crippen LogP contribution is 2.24. The van der Waals surface area contributed by atoms with E-state index in [2.05, 4.69) is 20.7 Å². The van der Waals surface area contributed by atoms with E-state index in [-0.39, 0.29) is 10.6 Å². The van der Waals surface area contributed by atoms with Crippen LogP contribution in [0, 0.1) is 12.7 Å². The molecule has 0 fully saturated rings. The number of phenolic OH excluding ortho intramolecular Hbond substituents is 1. The number of aryl methyl sites for hydroxylation is 1. The average Bonchev–Trinajstić information content (AvgIpc) is 2.37. The summed E-state index contributed by atoms with van der Waals surface area (Å²) >= 11 is 3.29. The summed E-state index contributed by atoms with van der Waals surface area (Å²) in [6.45, 7) is 1.77. The second-order valence-corrected chi connectivity index (χ2v) is 6.72. The van der Waals surface area contributed by atoms with E-state index >= 15 is 0 Å². The summed E-state index contributed by atoms with van der Waals surface area (Å²) in [4.78, 5) is 0.0756. The van der Waals surface area contributed by atoms with E-state index in [1.807, 2.05) is 0 Å². The van der Waals surface area contributed by atoms with Crippen LogP contribution >= 0.6 is 15.9 Å². The van der Waals surface area contributed by atoms with Gasteiger partial charge in [0, 0.05) is 10.5 Å². The van der Waals surface area contributed by atoms with Crippen LogP contribution in [0.15, 0.2) is 45.8 Å². The summed E-state index contributed by atoms with van der Waals surface area (Å²) in [6, 6.07) is 7.85. The van der Waals surface area contributed by atoms with Gasteiger partial charge in [0.05, 0.1) is 10.6 Å². The van der Waals surface area contributed by atoms with E-state index < -0.39 is 21.6 Å². The summed E-state index contributed by atoms with van der Waals surface area (Å²) in [5, 5.41) is 9.07. The second-order valence-electron chi connectivity index (χ2n) is 4.18. The molecule has 20 heavy (non-hydrogen) atoms. The van der Waals surface area contributed by atoms with Gasteiger partial charge < -0.3 is 5.11 Å². The molecule has 0 saturated heterocycles. The predicted octanol–water partition coefficient (Wildman–Crippen LogP) is 3.40. The van der Waals surface area contributed by atoms with Crippen LogP contribution in [-0.2, 0) is 10.0 Å². The molecule has 0 spiro atoms. The molecule has 0 aliphatic carbocycles. The largest absolute Gasteiger partial charge is 0.505 e. The fourth-order valence-electron chi connectivity index (χ4n) is 1.57. The van der Waals surface area contributed by atoms with Crippen LogP contribution in [0.25, 0.3) is 0 Å². The lowest BCUT2D eigenvalue weighted by Crippen LogP contribution is -2.13. The smallest absolute Gasteiger partial charge is 0.261 e. The Balaban J connectivity index is 2.35. The van der Waals surface area contributed by atoms with Crippen LogP contribution in [0.5, 0.6) is 5.75 Å². The Bertz CT molecular complexity index is 762. The Labute approximate surface area is 124 Å². The van der Waals surface area contributed by atoms with Gasteiger partial charge >= 0.3 is 0 Å². The molecule has 2 rings (SSSR count). The van der Waals surface area contributed by atoms with Gasteiger partial charge in [0.2, 0.25) is 0 Å². The average molecular weight is 360 g/mol. The van der Waals surface area contributed by atoms with Crippen molar-refractivity contribution < 1.29 is 17.9 Å². The van der Waals surface area contributed by atoms with Gasteiger partial charge in [-0.25, -0.2) is 12.8 Å². The Kier molecular flexibility index (Phi) is 4.01. The predicted molar refractivity (Wildman–Crippen MR) is 77.8 cm³/mol. The van der Waals surface area contributed by atoms with Crippen molar-refractivity contribution in [2.24, 2.45) is 0 Å². The lowest BCUT2D eigenvalue weighted by atomic mass is 10.2. The summed E-state index contributed by atoms with van der Waals surface area (Å²) in [6.07, 6.45) is 0. The topological polar surface area (TPSA) is 66.4 Å². The zero-order valence-corrected chi connectivity index (χ0v) is 12.8. The molecule has 0 aliphatic rings. The van der Waals surface area contributed by atoms with Gasteiger partial charge in [-0.3, -0.25) is 4.72 Å². The Morgan fingerprint density at radius 1 is 1.20 bits per heavy atom. The van der Waals surface area contributed by atoms with Crippen LogP contribution < -0.4 is 4.72 Å². The van der Waals surface area contributed by atoms with Crippen molar-refractivity contribution in [3.63, 3.8) is 0 Å². The lowest BCUT2D eigenvalue weighted by Gasteiger charge is -2.09. The second kappa shape index (κ2) is 5.41. The number of hydrogen-bond acceptors (Lipinski definition) is 3. The first-order valence-corrected chi connectivity index (χ1v) is 7.85. The number of benzene rings is 2. The molecule has 0 aromatic heterocycles. The van der Waals surface area contributed by atoms with E-state index in [0.717, 1.165) is 22.2 Å². The maximum Gasteiger partial charge on any atom is 0.261 e. The number of halogens is 2. The van der Waals surface area contributed by atoms with E-state index in [9.17, 15) is 12.8 Å². The minimum absolute atomic E-state index is 0.0425. The van der Waals surface area contributed by atoms with Gasteiger partial charge in [-0.05, 0) is 42.8 Å². The van der Waals surface area contributed by atoms with Gasteiger partial charge in [0.25, 0.3) is 10.0 Å². The molecule has 0 radical (unpaired) electrons. The van der Waals surface area contributed by atoms with Gasteiger partial charge in [0.1, 0.15) is 0 Å². The van der Waals surface area contributed by atoms with Crippen LogP contribution in [0.3, 0.4) is 0 Å². The highest BCUT2D eigenvalue weighted by atomic mass is 79.9. The fraction of sp³-hybridized carbons (Fsp3) is 0.0769. The van der Waals surface area contributed by atoms with E-state index in [0.29, 0.717) is 0 Å². The molecular weight excluding hydrogens is 349 g/mol. The first-order valence-electron chi connectivity index (χ1n) is 5.57. The third kappa shape index (κ3) is 3.10. The number of rotatable bonds is 3. The summed E-state index contributed by atoms with van der Waals surface area (Å²) in [7, 11) is -3.80. The minimum Gasteiger partial charge on any atom is -0.505 e. The van der Waals surface area contributed by atoms with Crippen LogP contribution in [0.2, 0.25) is 0 Å². The fourth-order valence-corrected chi connectivity index (χ4v) is 2.95. The number of aromatic hydroxyl groups is 1. The quantitative estimate of drug-likeness (QED) is 0.825. The minimum atomic E-state index is -3.80. The number of nitrogens with one attached hydrogen (secondary N) is 1. The van der Waals surface area contributed by atoms with Crippen molar-refractivity contribution in [1.29, 1.82) is 0 Å². The first-order chi connectivity index (χ1) is 9.29. The van der Waals surface area contributed by atoms with Crippen LogP contribution in [-0.4, -0.2) is 13.5 Å². The third-order valence-electron chi connectivity index (χ3n) is 2.64. The summed E-state index contributed by atoms with van der Waals surface area (Å²) in [5.41, 5.74) is 0.811. The molecule has 0 bridgehead atoms. The maximum atomic E-state index is 13.2. The molecule has 7 heteroatoms. The molecule has 0 saturated carbocycles. The highest BCUT2D eigenvalue weighted by molar-refractivity contribution is 9.10. The van der Waals surface area contributed by atoms with E-state index in [4.69, 9.17) is 5.11 Å². The molecule has 4 nitrogen and oxygen atoms in total. The Morgan fingerprint density at radius 3 is 2.50 bits per heavy atom. The molecule has 0 heterocycles. The molecule has 0 aliphatic heterocycles. The number of sulfonamides is 1. The number of anilines is 1. The van der Waals surface area contributed by atoms with Crippen molar-refractivity contribution >= 4 is 31.6 Å². The van der Waals surface area contributed by atoms with Gasteiger partial charge in [-0.15, -0.1) is 0 Å². The van der Waals surface area contributed by atoms with Gasteiger partial charge in [-0.2, -0.15) is 0 Å². The Hall–Kier alpha value is -1.60. The zero-order valence-electron chi connectivity index (χ0n) is 10.4. The third-order valence-corrected chi connectivity index (χ3v) is 4.91. The number of phenols is 1. The highest BCUT2D eigenvalue weighted by Gasteiger charge is 2.15. The molecule has 2 aromatic rings. The van der Waals surface area contributed by atoms with Crippen molar-refractivity contribution in [2.75, 3.05) is 4.72 Å². The van der Waals surface area contributed by atoms with Gasteiger partial charge in [-0.1, -0.05) is 15.9 Å². The molecule has 0 amide bonds. The standard InChI is InChI=1S/C13H11BrFNO3S/c1-8-6-10(3-4-11(8)14)20(18,19)16-9-2-5-13(17)12(15)7-9/h2-7,16-17H,1H3. The molecule has 106 valence electrons. The molecule has 0 unspecified atom stereocenters. The zero-order chi connectivity index (χ0) is 14.9. The summed E-state index contributed by atoms with van der Waals surface area (Å²) in [5.74, 6) is -1.43. The van der Waals surface area contributed by atoms with Crippen LogP contribution in [0.1, 0.15) is 5.56 Å². The SMILES string of the molecule is Cc1cc(S(=O)(=O)Nc2ccc(O)c(F)c2)ccc1Br. The number of hydrogen-bond donors (Lipinski definition) is 2. The Morgan fingerprint density at radius 2 is 1.90 bits per heavy atom. The molecular formula is C13H11BrFNO3S. The first kappa shape index (κ1) is 14.8. The molecule has 2 N–H and O–H groups in total. The monoisotopic (exact) mass is 359 g/mol. The molecule has 2 aromatic carbocycles. The lowest BCUT2D eigenvalue weighted by molar-refractivity contribution is 0.432. The normalized spacial score (nSPS) is 11.3. The molecule has 0 atom stereocenters. The van der Waals surface area contributed by atoms with Crippen molar-refractivity contribution in [3.8, 4) is 5.75 Å².